The number of carbonyl (C=O) groups is 2. The molecule has 3 aromatic heterocycles. The molecule has 12 heteroatoms. The Kier molecular flexibility index (Phi) is 9.15. The van der Waals surface area contributed by atoms with Crippen molar-refractivity contribution >= 4 is 57.2 Å². The molecule has 4 aromatic rings. The van der Waals surface area contributed by atoms with Crippen LogP contribution in [0.1, 0.15) is 41.8 Å². The van der Waals surface area contributed by atoms with Crippen molar-refractivity contribution in [2.75, 3.05) is 17.6 Å². The summed E-state index contributed by atoms with van der Waals surface area (Å²) in [7, 11) is 0. The monoisotopic (exact) mass is 544 g/mol. The Balaban J connectivity index is 1.35. The van der Waals surface area contributed by atoms with E-state index < -0.39 is 0 Å². The molecule has 2 N–H and O–H groups in total. The fraction of sp³-hybridized carbons (Fsp3) is 0.292. The van der Waals surface area contributed by atoms with E-state index in [4.69, 9.17) is 16.0 Å². The van der Waals surface area contributed by atoms with Crippen molar-refractivity contribution in [3.8, 4) is 0 Å². The number of hydrogen-bond acceptors (Lipinski definition) is 9. The van der Waals surface area contributed by atoms with Crippen molar-refractivity contribution < 1.29 is 14.0 Å². The molecule has 0 spiro atoms. The fourth-order valence-electron chi connectivity index (χ4n) is 3.28. The Morgan fingerprint density at radius 3 is 2.89 bits per heavy atom. The van der Waals surface area contributed by atoms with Gasteiger partial charge in [0.25, 0.3) is 0 Å². The van der Waals surface area contributed by atoms with Crippen LogP contribution in [-0.2, 0) is 17.8 Å². The quantitative estimate of drug-likeness (QED) is 0.174. The molecule has 4 rings (SSSR count). The Labute approximate surface area is 221 Å². The lowest BCUT2D eigenvalue weighted by molar-refractivity contribution is -0.118. The van der Waals surface area contributed by atoms with Gasteiger partial charge in [0.1, 0.15) is 5.82 Å². The fourth-order valence-corrected chi connectivity index (χ4v) is 5.01. The molecule has 1 aromatic carbocycles. The highest BCUT2D eigenvalue weighted by Gasteiger charge is 2.17. The first-order valence-electron chi connectivity index (χ1n) is 11.4. The molecule has 0 saturated carbocycles. The topological polar surface area (TPSA) is 115 Å². The minimum Gasteiger partial charge on any atom is -0.461 e. The second kappa shape index (κ2) is 12.7. The Morgan fingerprint density at radius 2 is 2.11 bits per heavy atom. The van der Waals surface area contributed by atoms with Crippen LogP contribution in [-0.4, -0.2) is 43.7 Å². The summed E-state index contributed by atoms with van der Waals surface area (Å²) >= 11 is 8.86. The molecule has 0 aliphatic heterocycles. The number of nitrogens with one attached hydrogen (secondary N) is 2. The number of nitrogens with zero attached hydrogens (tertiary/aromatic N) is 4. The molecule has 1 amide bonds. The number of thioether (sulfide) groups is 1. The first-order chi connectivity index (χ1) is 17.5. The molecule has 0 aliphatic carbocycles. The lowest BCUT2D eigenvalue weighted by Crippen LogP contribution is -2.30. The van der Waals surface area contributed by atoms with E-state index in [1.807, 2.05) is 34.2 Å². The number of unbranched alkanes of at least 4 members (excludes halogenated alkanes) is 1. The van der Waals surface area contributed by atoms with Crippen LogP contribution in [0.15, 0.2) is 57.6 Å². The highest BCUT2D eigenvalue weighted by atomic mass is 35.5. The van der Waals surface area contributed by atoms with E-state index in [9.17, 15) is 9.59 Å². The number of halogens is 1. The molecule has 0 saturated heterocycles. The van der Waals surface area contributed by atoms with E-state index in [-0.39, 0.29) is 29.7 Å². The molecule has 3 heterocycles. The average molecular weight is 545 g/mol. The maximum Gasteiger partial charge on any atom is 0.230 e. The first kappa shape index (κ1) is 25.9. The van der Waals surface area contributed by atoms with Gasteiger partial charge in [-0.3, -0.25) is 9.59 Å². The van der Waals surface area contributed by atoms with Crippen molar-refractivity contribution in [3.63, 3.8) is 0 Å². The summed E-state index contributed by atoms with van der Waals surface area (Å²) in [4.78, 5) is 29.0. The van der Waals surface area contributed by atoms with Crippen molar-refractivity contribution in [2.24, 2.45) is 0 Å². The smallest absolute Gasteiger partial charge is 0.230 e. The number of amides is 1. The number of anilines is 2. The number of hydrogen-bond donors (Lipinski definition) is 2. The Bertz CT molecular complexity index is 1300. The number of thiazole rings is 1. The Morgan fingerprint density at radius 1 is 1.22 bits per heavy atom. The van der Waals surface area contributed by atoms with Crippen molar-refractivity contribution in [1.82, 2.24) is 25.1 Å². The van der Waals surface area contributed by atoms with E-state index in [1.54, 1.807) is 12.1 Å². The van der Waals surface area contributed by atoms with E-state index in [0.717, 1.165) is 41.7 Å². The van der Waals surface area contributed by atoms with Gasteiger partial charge in [0.2, 0.25) is 11.7 Å². The Hall–Kier alpha value is -3.15. The summed E-state index contributed by atoms with van der Waals surface area (Å²) in [5, 5.41) is 18.7. The van der Waals surface area contributed by atoms with Crippen molar-refractivity contribution in [2.45, 2.75) is 37.9 Å². The first-order valence-corrected chi connectivity index (χ1v) is 13.6. The van der Waals surface area contributed by atoms with Gasteiger partial charge >= 0.3 is 0 Å². The minimum absolute atomic E-state index is 0.115. The molecule has 0 radical (unpaired) electrons. The van der Waals surface area contributed by atoms with Crippen LogP contribution in [0.5, 0.6) is 0 Å². The average Bonchev–Trinajstić information content (AvgIpc) is 3.62. The molecule has 0 fully saturated rings. The van der Waals surface area contributed by atoms with E-state index in [2.05, 4.69) is 32.7 Å². The summed E-state index contributed by atoms with van der Waals surface area (Å²) in [6.45, 7) is 2.75. The molecule has 188 valence electrons. The van der Waals surface area contributed by atoms with Gasteiger partial charge in [-0.2, -0.15) is 0 Å². The van der Waals surface area contributed by atoms with Crippen LogP contribution >= 0.6 is 34.7 Å². The number of ketones is 1. The summed E-state index contributed by atoms with van der Waals surface area (Å²) < 4.78 is 7.10. The maximum atomic E-state index is 12.3. The highest BCUT2D eigenvalue weighted by molar-refractivity contribution is 7.99. The summed E-state index contributed by atoms with van der Waals surface area (Å²) in [6, 6.07) is 10.7. The van der Waals surface area contributed by atoms with Crippen LogP contribution in [0.25, 0.3) is 0 Å². The van der Waals surface area contributed by atoms with Gasteiger partial charge in [-0.1, -0.05) is 42.8 Å². The second-order valence-electron chi connectivity index (χ2n) is 7.83. The lowest BCUT2D eigenvalue weighted by atomic mass is 10.3. The molecule has 0 bridgehead atoms. The number of aromatic nitrogens is 4. The van der Waals surface area contributed by atoms with E-state index in [1.165, 1.54) is 29.4 Å². The maximum absolute atomic E-state index is 12.3. The number of carbonyl (C=O) groups excluding carboxylic acids is 2. The van der Waals surface area contributed by atoms with Crippen molar-refractivity contribution in [1.29, 1.82) is 0 Å². The minimum atomic E-state index is -0.278. The lowest BCUT2D eigenvalue weighted by Gasteiger charge is -2.09. The third-order valence-electron chi connectivity index (χ3n) is 5.07. The molecule has 36 heavy (non-hydrogen) atoms. The summed E-state index contributed by atoms with van der Waals surface area (Å²) in [6.07, 6.45) is 3.92. The van der Waals surface area contributed by atoms with Gasteiger partial charge in [0.15, 0.2) is 16.0 Å². The van der Waals surface area contributed by atoms with Crippen LogP contribution in [0.2, 0.25) is 5.02 Å². The third-order valence-corrected chi connectivity index (χ3v) is 7.08. The van der Waals surface area contributed by atoms with Crippen LogP contribution in [0, 0.1) is 0 Å². The summed E-state index contributed by atoms with van der Waals surface area (Å²) in [5.41, 5.74) is 1.75. The molecule has 0 unspecified atom stereocenters. The van der Waals surface area contributed by atoms with Gasteiger partial charge in [0, 0.05) is 22.6 Å². The van der Waals surface area contributed by atoms with Crippen LogP contribution < -0.4 is 10.6 Å². The molecule has 0 atom stereocenters. The van der Waals surface area contributed by atoms with E-state index >= 15 is 0 Å². The predicted octanol–water partition coefficient (Wildman–Crippen LogP) is 5.21. The number of rotatable bonds is 13. The molecular weight excluding hydrogens is 520 g/mol. The standard InChI is InChI=1S/C24H25ClN6O3S2/c1-2-3-9-31-21(12-18-14-35-23(28-18)27-17-7-4-6-16(25)11-17)29-30-24(31)36-15-22(33)26-13-19(32)20-8-5-10-34-20/h4-8,10-11,14H,2-3,9,12-13,15H2,1H3,(H,26,33)(H,27,28). The van der Waals surface area contributed by atoms with Gasteiger partial charge in [0.05, 0.1) is 30.7 Å². The highest BCUT2D eigenvalue weighted by Crippen LogP contribution is 2.25. The summed E-state index contributed by atoms with van der Waals surface area (Å²) in [5.74, 6) is 0.598. The van der Waals surface area contributed by atoms with Crippen LogP contribution in [0.4, 0.5) is 10.8 Å². The molecular formula is C24H25ClN6O3S2. The zero-order valence-corrected chi connectivity index (χ0v) is 22.0. The molecule has 0 aliphatic rings. The van der Waals surface area contributed by atoms with Gasteiger partial charge in [-0.15, -0.1) is 21.5 Å². The number of Topliss-reactive ketones (excluding diaryl/α,β-unsaturated/α-hetero) is 1. The van der Waals surface area contributed by atoms with Crippen LogP contribution in [0.3, 0.4) is 0 Å². The van der Waals surface area contributed by atoms with Gasteiger partial charge in [-0.25, -0.2) is 4.98 Å². The zero-order chi connectivity index (χ0) is 25.3. The van der Waals surface area contributed by atoms with Gasteiger partial charge < -0.3 is 19.6 Å². The predicted molar refractivity (Wildman–Crippen MR) is 141 cm³/mol. The molecule has 9 nitrogen and oxygen atoms in total. The van der Waals surface area contributed by atoms with Gasteiger partial charge in [-0.05, 0) is 36.8 Å². The zero-order valence-electron chi connectivity index (χ0n) is 19.6. The van der Waals surface area contributed by atoms with Crippen molar-refractivity contribution in [3.05, 3.63) is 70.3 Å². The normalized spacial score (nSPS) is 10.9. The second-order valence-corrected chi connectivity index (χ2v) is 10.1. The SMILES string of the molecule is CCCCn1c(Cc2csc(Nc3cccc(Cl)c3)n2)nnc1SCC(=O)NCC(=O)c1ccco1. The number of furan rings is 1. The van der Waals surface area contributed by atoms with E-state index in [0.29, 0.717) is 16.6 Å². The third kappa shape index (κ3) is 7.19. The number of benzene rings is 1. The largest absolute Gasteiger partial charge is 0.461 e.